The minimum absolute atomic E-state index is 0.309. The van der Waals surface area contributed by atoms with Crippen LogP contribution >= 0.6 is 11.6 Å². The van der Waals surface area contributed by atoms with Crippen LogP contribution in [0.2, 0.25) is 5.02 Å². The third kappa shape index (κ3) is 3.16. The lowest BCUT2D eigenvalue weighted by molar-refractivity contribution is 0.251. The zero-order valence-corrected chi connectivity index (χ0v) is 12.4. The number of nitrogens with one attached hydrogen (secondary N) is 2. The Morgan fingerprint density at radius 3 is 3.00 bits per heavy atom. The van der Waals surface area contributed by atoms with Gasteiger partial charge in [-0.3, -0.25) is 0 Å². The van der Waals surface area contributed by atoms with Gasteiger partial charge < -0.3 is 15.2 Å². The van der Waals surface area contributed by atoms with Crippen LogP contribution in [0.15, 0.2) is 24.5 Å². The zero-order valence-electron chi connectivity index (χ0n) is 11.6. The standard InChI is InChI=1S/C14H16ClN5O/c1-9-3-2-4-11(15)13(9)18-14(21)16-7-12-19-17-8-20(12)10-5-6-10/h2-4,8,10H,5-7H2,1H3,(H2,16,18,21). The molecule has 6 nitrogen and oxygen atoms in total. The Morgan fingerprint density at radius 2 is 2.29 bits per heavy atom. The van der Waals surface area contributed by atoms with Gasteiger partial charge in [-0.1, -0.05) is 23.7 Å². The molecule has 1 aromatic carbocycles. The monoisotopic (exact) mass is 305 g/mol. The van der Waals surface area contributed by atoms with Crippen LogP contribution in [0.5, 0.6) is 0 Å². The van der Waals surface area contributed by atoms with Gasteiger partial charge in [-0.25, -0.2) is 4.79 Å². The molecule has 0 atom stereocenters. The molecule has 1 aromatic heterocycles. The van der Waals surface area contributed by atoms with Crippen LogP contribution < -0.4 is 10.6 Å². The topological polar surface area (TPSA) is 71.8 Å². The summed E-state index contributed by atoms with van der Waals surface area (Å²) in [5.74, 6) is 0.767. The SMILES string of the molecule is Cc1cccc(Cl)c1NC(=O)NCc1nncn1C1CC1. The highest BCUT2D eigenvalue weighted by molar-refractivity contribution is 6.33. The van der Waals surface area contributed by atoms with Crippen molar-refractivity contribution >= 4 is 23.3 Å². The van der Waals surface area contributed by atoms with E-state index in [1.807, 2.05) is 23.6 Å². The molecule has 0 radical (unpaired) electrons. The molecule has 0 aliphatic heterocycles. The first-order chi connectivity index (χ1) is 10.1. The van der Waals surface area contributed by atoms with E-state index in [1.54, 1.807) is 12.4 Å². The minimum atomic E-state index is -0.309. The van der Waals surface area contributed by atoms with Crippen molar-refractivity contribution in [2.24, 2.45) is 0 Å². The summed E-state index contributed by atoms with van der Waals surface area (Å²) in [6, 6.07) is 5.67. The highest BCUT2D eigenvalue weighted by Gasteiger charge is 2.26. The lowest BCUT2D eigenvalue weighted by Crippen LogP contribution is -2.29. The summed E-state index contributed by atoms with van der Waals surface area (Å²) in [5.41, 5.74) is 1.54. The fraction of sp³-hybridized carbons (Fsp3) is 0.357. The van der Waals surface area contributed by atoms with Gasteiger partial charge in [0.2, 0.25) is 0 Å². The molecule has 0 bridgehead atoms. The lowest BCUT2D eigenvalue weighted by Gasteiger charge is -2.11. The van der Waals surface area contributed by atoms with Crippen molar-refractivity contribution in [1.82, 2.24) is 20.1 Å². The van der Waals surface area contributed by atoms with E-state index in [2.05, 4.69) is 20.8 Å². The highest BCUT2D eigenvalue weighted by Crippen LogP contribution is 2.35. The van der Waals surface area contributed by atoms with Crippen molar-refractivity contribution in [2.45, 2.75) is 32.4 Å². The number of carbonyl (C=O) groups is 1. The Balaban J connectivity index is 1.60. The number of urea groups is 1. The molecule has 0 spiro atoms. The largest absolute Gasteiger partial charge is 0.331 e. The van der Waals surface area contributed by atoms with Crippen LogP contribution in [-0.2, 0) is 6.54 Å². The highest BCUT2D eigenvalue weighted by atomic mass is 35.5. The van der Waals surface area contributed by atoms with Gasteiger partial charge in [0, 0.05) is 6.04 Å². The van der Waals surface area contributed by atoms with Crippen LogP contribution in [0.4, 0.5) is 10.5 Å². The Kier molecular flexibility index (Phi) is 3.79. The van der Waals surface area contributed by atoms with Crippen molar-refractivity contribution < 1.29 is 4.79 Å². The number of anilines is 1. The number of benzene rings is 1. The molecule has 1 aliphatic rings. The summed E-state index contributed by atoms with van der Waals surface area (Å²) in [6.07, 6.45) is 4.01. The summed E-state index contributed by atoms with van der Waals surface area (Å²) < 4.78 is 2.01. The zero-order chi connectivity index (χ0) is 14.8. The molecule has 1 heterocycles. The van der Waals surface area contributed by atoms with E-state index >= 15 is 0 Å². The molecule has 110 valence electrons. The lowest BCUT2D eigenvalue weighted by atomic mass is 10.2. The van der Waals surface area contributed by atoms with Crippen molar-refractivity contribution in [2.75, 3.05) is 5.32 Å². The third-order valence-corrected chi connectivity index (χ3v) is 3.77. The molecule has 0 saturated heterocycles. The van der Waals surface area contributed by atoms with Crippen molar-refractivity contribution in [1.29, 1.82) is 0 Å². The van der Waals surface area contributed by atoms with Crippen molar-refractivity contribution in [3.63, 3.8) is 0 Å². The summed E-state index contributed by atoms with van der Waals surface area (Å²) >= 11 is 6.08. The fourth-order valence-electron chi connectivity index (χ4n) is 2.16. The number of hydrogen-bond donors (Lipinski definition) is 2. The average molecular weight is 306 g/mol. The quantitative estimate of drug-likeness (QED) is 0.912. The van der Waals surface area contributed by atoms with E-state index in [0.717, 1.165) is 24.2 Å². The number of halogens is 1. The second-order valence-electron chi connectivity index (χ2n) is 5.13. The van der Waals surface area contributed by atoms with Gasteiger partial charge >= 0.3 is 6.03 Å². The fourth-order valence-corrected chi connectivity index (χ4v) is 2.43. The maximum Gasteiger partial charge on any atom is 0.319 e. The number of nitrogens with zero attached hydrogens (tertiary/aromatic N) is 3. The maximum absolute atomic E-state index is 12.0. The molecule has 2 N–H and O–H groups in total. The number of aryl methyl sites for hydroxylation is 1. The number of amides is 2. The van der Waals surface area contributed by atoms with E-state index in [1.165, 1.54) is 0 Å². The first-order valence-corrected chi connectivity index (χ1v) is 7.21. The summed E-state index contributed by atoms with van der Waals surface area (Å²) in [4.78, 5) is 12.0. The second-order valence-corrected chi connectivity index (χ2v) is 5.53. The van der Waals surface area contributed by atoms with Gasteiger partial charge in [0.1, 0.15) is 6.33 Å². The first-order valence-electron chi connectivity index (χ1n) is 6.83. The van der Waals surface area contributed by atoms with E-state index < -0.39 is 0 Å². The van der Waals surface area contributed by atoms with E-state index in [4.69, 9.17) is 11.6 Å². The van der Waals surface area contributed by atoms with Crippen LogP contribution in [0, 0.1) is 6.92 Å². The second kappa shape index (κ2) is 5.73. The molecule has 1 saturated carbocycles. The van der Waals surface area contributed by atoms with Gasteiger partial charge in [-0.15, -0.1) is 10.2 Å². The first kappa shape index (κ1) is 13.9. The molecule has 2 amide bonds. The Bertz CT molecular complexity index is 645. The van der Waals surface area contributed by atoms with Gasteiger partial charge in [0.25, 0.3) is 0 Å². The van der Waals surface area contributed by atoms with Crippen LogP contribution in [0.25, 0.3) is 0 Å². The molecular formula is C14H16ClN5O. The smallest absolute Gasteiger partial charge is 0.319 e. The Hall–Kier alpha value is -2.08. The van der Waals surface area contributed by atoms with E-state index in [9.17, 15) is 4.79 Å². The van der Waals surface area contributed by atoms with Crippen LogP contribution in [-0.4, -0.2) is 20.8 Å². The van der Waals surface area contributed by atoms with E-state index in [0.29, 0.717) is 23.3 Å². The normalized spacial score (nSPS) is 14.0. The van der Waals surface area contributed by atoms with Gasteiger partial charge in [0.05, 0.1) is 17.3 Å². The van der Waals surface area contributed by atoms with Gasteiger partial charge in [-0.05, 0) is 31.4 Å². The molecule has 1 aliphatic carbocycles. The molecule has 2 aromatic rings. The van der Waals surface area contributed by atoms with Crippen LogP contribution in [0.1, 0.15) is 30.3 Å². The molecule has 0 unspecified atom stereocenters. The molecule has 1 fully saturated rings. The number of carbonyl (C=O) groups excluding carboxylic acids is 1. The minimum Gasteiger partial charge on any atom is -0.331 e. The number of hydrogen-bond acceptors (Lipinski definition) is 3. The van der Waals surface area contributed by atoms with Crippen molar-refractivity contribution in [3.8, 4) is 0 Å². The van der Waals surface area contributed by atoms with Gasteiger partial charge in [-0.2, -0.15) is 0 Å². The predicted molar refractivity (Wildman–Crippen MR) is 80.3 cm³/mol. The Labute approximate surface area is 127 Å². The summed E-state index contributed by atoms with van der Waals surface area (Å²) in [6.45, 7) is 2.23. The molecule has 21 heavy (non-hydrogen) atoms. The molecule has 3 rings (SSSR count). The average Bonchev–Trinajstić information content (AvgIpc) is 3.19. The molecular weight excluding hydrogens is 290 g/mol. The molecule has 7 heteroatoms. The maximum atomic E-state index is 12.0. The Morgan fingerprint density at radius 1 is 1.48 bits per heavy atom. The predicted octanol–water partition coefficient (Wildman–Crippen LogP) is 2.90. The number of para-hydroxylation sites is 1. The summed E-state index contributed by atoms with van der Waals surface area (Å²) in [5, 5.41) is 14.0. The number of aromatic nitrogens is 3. The third-order valence-electron chi connectivity index (χ3n) is 3.46. The van der Waals surface area contributed by atoms with Gasteiger partial charge in [0.15, 0.2) is 5.82 Å². The van der Waals surface area contributed by atoms with Crippen molar-refractivity contribution in [3.05, 3.63) is 40.9 Å². The number of rotatable bonds is 4. The van der Waals surface area contributed by atoms with Crippen LogP contribution in [0.3, 0.4) is 0 Å². The summed E-state index contributed by atoms with van der Waals surface area (Å²) in [7, 11) is 0. The van der Waals surface area contributed by atoms with E-state index in [-0.39, 0.29) is 6.03 Å².